The van der Waals surface area contributed by atoms with Crippen molar-refractivity contribution in [3.8, 4) is 0 Å². The van der Waals surface area contributed by atoms with Crippen LogP contribution in [-0.4, -0.2) is 31.2 Å². The van der Waals surface area contributed by atoms with Gasteiger partial charge in [0.1, 0.15) is 0 Å². The molecule has 0 heterocycles. The first kappa shape index (κ1) is 13.9. The first-order valence-electron chi connectivity index (χ1n) is 5.22. The Balaban J connectivity index is 4.01. The van der Waals surface area contributed by atoms with Gasteiger partial charge in [-0.15, -0.1) is 0 Å². The van der Waals surface area contributed by atoms with Gasteiger partial charge in [0.2, 0.25) is 0 Å². The summed E-state index contributed by atoms with van der Waals surface area (Å²) in [6.45, 7) is 8.47. The van der Waals surface area contributed by atoms with Gasteiger partial charge in [-0.05, 0) is 11.8 Å². The molecule has 0 saturated heterocycles. The Bertz CT molecular complexity index is 136. The van der Waals surface area contributed by atoms with E-state index >= 15 is 0 Å². The molecule has 0 spiro atoms. The summed E-state index contributed by atoms with van der Waals surface area (Å²) in [7, 11) is 1.64. The van der Waals surface area contributed by atoms with Crippen LogP contribution in [0.15, 0.2) is 0 Å². The minimum absolute atomic E-state index is 0.0561. The van der Waals surface area contributed by atoms with Crippen LogP contribution in [0.1, 0.15) is 40.5 Å². The highest BCUT2D eigenvalue weighted by Crippen LogP contribution is 2.23. The van der Waals surface area contributed by atoms with E-state index in [9.17, 15) is 0 Å². The Labute approximate surface area is 87.4 Å². The average Bonchev–Trinajstić information content (AvgIpc) is 2.10. The lowest BCUT2D eigenvalue weighted by atomic mass is 9.92. The number of ether oxygens (including phenoxy) is 2. The monoisotopic (exact) mass is 204 g/mol. The molecule has 0 aliphatic rings. The molecule has 0 radical (unpaired) electrons. The lowest BCUT2D eigenvalue weighted by Crippen LogP contribution is -2.29. The Kier molecular flexibility index (Phi) is 6.33. The number of hydrogen-bond acceptors (Lipinski definition) is 3. The topological polar surface area (TPSA) is 38.7 Å². The second kappa shape index (κ2) is 6.38. The Morgan fingerprint density at radius 2 is 1.86 bits per heavy atom. The molecule has 3 nitrogen and oxygen atoms in total. The molecule has 0 aliphatic carbocycles. The second-order valence-electron chi connectivity index (χ2n) is 4.78. The maximum Gasteiger partial charge on any atom is 0.158 e. The maximum absolute atomic E-state index is 8.99. The molecule has 0 saturated carbocycles. The van der Waals surface area contributed by atoms with Gasteiger partial charge < -0.3 is 14.6 Å². The standard InChI is InChI=1S/C11H24O3/c1-6-9(8-12)14-10(13-5)7-11(2,3)4/h9-10,12H,6-8H2,1-5H3. The van der Waals surface area contributed by atoms with Crippen LogP contribution in [0.2, 0.25) is 0 Å². The Morgan fingerprint density at radius 1 is 1.29 bits per heavy atom. The van der Waals surface area contributed by atoms with Gasteiger partial charge in [-0.1, -0.05) is 27.7 Å². The van der Waals surface area contributed by atoms with Gasteiger partial charge in [0.25, 0.3) is 0 Å². The quantitative estimate of drug-likeness (QED) is 0.674. The third-order valence-electron chi connectivity index (χ3n) is 2.05. The highest BCUT2D eigenvalue weighted by Gasteiger charge is 2.21. The van der Waals surface area contributed by atoms with E-state index in [0.29, 0.717) is 0 Å². The largest absolute Gasteiger partial charge is 0.394 e. The smallest absolute Gasteiger partial charge is 0.158 e. The average molecular weight is 204 g/mol. The van der Waals surface area contributed by atoms with Crippen molar-refractivity contribution in [2.45, 2.75) is 52.9 Å². The zero-order valence-electron chi connectivity index (χ0n) is 10.0. The van der Waals surface area contributed by atoms with Crippen LogP contribution in [0.25, 0.3) is 0 Å². The second-order valence-corrected chi connectivity index (χ2v) is 4.78. The van der Waals surface area contributed by atoms with Crippen LogP contribution >= 0.6 is 0 Å². The summed E-state index contributed by atoms with van der Waals surface area (Å²) in [6, 6.07) is 0. The van der Waals surface area contributed by atoms with Crippen molar-refractivity contribution in [1.82, 2.24) is 0 Å². The van der Waals surface area contributed by atoms with Crippen molar-refractivity contribution in [2.24, 2.45) is 5.41 Å². The molecule has 1 N–H and O–H groups in total. The summed E-state index contributed by atoms with van der Waals surface area (Å²) in [4.78, 5) is 0. The van der Waals surface area contributed by atoms with Gasteiger partial charge in [0, 0.05) is 13.5 Å². The SMILES string of the molecule is CCC(CO)OC(CC(C)(C)C)OC. The van der Waals surface area contributed by atoms with Crippen LogP contribution in [0.3, 0.4) is 0 Å². The number of aliphatic hydroxyl groups is 1. The lowest BCUT2D eigenvalue weighted by molar-refractivity contribution is -0.177. The fourth-order valence-electron chi connectivity index (χ4n) is 1.17. The van der Waals surface area contributed by atoms with Gasteiger partial charge in [-0.3, -0.25) is 0 Å². The van der Waals surface area contributed by atoms with Crippen molar-refractivity contribution >= 4 is 0 Å². The molecule has 0 aromatic carbocycles. The highest BCUT2D eigenvalue weighted by molar-refractivity contribution is 4.65. The van der Waals surface area contributed by atoms with Gasteiger partial charge in [0.15, 0.2) is 6.29 Å². The van der Waals surface area contributed by atoms with Gasteiger partial charge in [-0.2, -0.15) is 0 Å². The molecular weight excluding hydrogens is 180 g/mol. The molecule has 0 aromatic rings. The summed E-state index contributed by atoms with van der Waals surface area (Å²) in [5.74, 6) is 0. The van der Waals surface area contributed by atoms with Crippen molar-refractivity contribution in [2.75, 3.05) is 13.7 Å². The third-order valence-corrected chi connectivity index (χ3v) is 2.05. The molecule has 86 valence electrons. The number of rotatable bonds is 6. The molecule has 2 unspecified atom stereocenters. The normalized spacial score (nSPS) is 16.7. The minimum atomic E-state index is -0.216. The molecule has 0 aromatic heterocycles. The van der Waals surface area contributed by atoms with E-state index in [0.717, 1.165) is 12.8 Å². The van der Waals surface area contributed by atoms with Gasteiger partial charge in [-0.25, -0.2) is 0 Å². The zero-order valence-corrected chi connectivity index (χ0v) is 10.0. The van der Waals surface area contributed by atoms with Crippen LogP contribution in [0, 0.1) is 5.41 Å². The van der Waals surface area contributed by atoms with Gasteiger partial charge >= 0.3 is 0 Å². The van der Waals surface area contributed by atoms with E-state index in [-0.39, 0.29) is 24.4 Å². The molecule has 0 aliphatic heterocycles. The van der Waals surface area contributed by atoms with E-state index in [1.807, 2.05) is 6.92 Å². The molecule has 3 heteroatoms. The first-order chi connectivity index (χ1) is 6.42. The van der Waals surface area contributed by atoms with Crippen molar-refractivity contribution in [3.05, 3.63) is 0 Å². The summed E-state index contributed by atoms with van der Waals surface area (Å²) < 4.78 is 10.8. The molecule has 2 atom stereocenters. The zero-order chi connectivity index (χ0) is 11.2. The third kappa shape index (κ3) is 6.35. The lowest BCUT2D eigenvalue weighted by Gasteiger charge is -2.27. The van der Waals surface area contributed by atoms with Gasteiger partial charge in [0.05, 0.1) is 12.7 Å². The van der Waals surface area contributed by atoms with Crippen LogP contribution in [0.5, 0.6) is 0 Å². The minimum Gasteiger partial charge on any atom is -0.394 e. The van der Waals surface area contributed by atoms with Crippen LogP contribution in [-0.2, 0) is 9.47 Å². The van der Waals surface area contributed by atoms with E-state index in [1.165, 1.54) is 0 Å². The predicted molar refractivity (Wildman–Crippen MR) is 57.1 cm³/mol. The van der Waals surface area contributed by atoms with Crippen molar-refractivity contribution < 1.29 is 14.6 Å². The Morgan fingerprint density at radius 3 is 2.14 bits per heavy atom. The molecule has 0 bridgehead atoms. The first-order valence-corrected chi connectivity index (χ1v) is 5.22. The number of aliphatic hydroxyl groups excluding tert-OH is 1. The van der Waals surface area contributed by atoms with Crippen molar-refractivity contribution in [1.29, 1.82) is 0 Å². The van der Waals surface area contributed by atoms with E-state index in [4.69, 9.17) is 14.6 Å². The summed E-state index contributed by atoms with van der Waals surface area (Å²) in [5, 5.41) is 8.99. The molecular formula is C11H24O3. The molecule has 14 heavy (non-hydrogen) atoms. The highest BCUT2D eigenvalue weighted by atomic mass is 16.7. The summed E-state index contributed by atoms with van der Waals surface area (Å²) >= 11 is 0. The summed E-state index contributed by atoms with van der Waals surface area (Å²) in [6.07, 6.45) is 1.31. The number of hydrogen-bond donors (Lipinski definition) is 1. The Hall–Kier alpha value is -0.120. The van der Waals surface area contributed by atoms with E-state index in [1.54, 1.807) is 7.11 Å². The fourth-order valence-corrected chi connectivity index (χ4v) is 1.17. The van der Waals surface area contributed by atoms with Crippen LogP contribution in [0.4, 0.5) is 0 Å². The predicted octanol–water partition coefficient (Wildman–Crippen LogP) is 2.18. The molecule has 0 amide bonds. The maximum atomic E-state index is 8.99. The number of methoxy groups -OCH3 is 1. The van der Waals surface area contributed by atoms with E-state index < -0.39 is 0 Å². The molecule has 0 rings (SSSR count). The fraction of sp³-hybridized carbons (Fsp3) is 1.00. The molecule has 0 fully saturated rings. The van der Waals surface area contributed by atoms with Crippen molar-refractivity contribution in [3.63, 3.8) is 0 Å². The summed E-state index contributed by atoms with van der Waals surface area (Å²) in [5.41, 5.74) is 0.175. The van der Waals surface area contributed by atoms with E-state index in [2.05, 4.69) is 20.8 Å². The van der Waals surface area contributed by atoms with Crippen LogP contribution < -0.4 is 0 Å².